The largest absolute Gasteiger partial charge is 0.398 e. The fourth-order valence-corrected chi connectivity index (χ4v) is 2.74. The third-order valence-electron chi connectivity index (χ3n) is 2.54. The van der Waals surface area contributed by atoms with Crippen molar-refractivity contribution in [3.8, 4) is 0 Å². The Morgan fingerprint density at radius 3 is 2.24 bits per heavy atom. The van der Waals surface area contributed by atoms with Crippen LogP contribution in [0.3, 0.4) is 0 Å². The molecule has 0 spiro atoms. The van der Waals surface area contributed by atoms with Crippen molar-refractivity contribution in [2.75, 3.05) is 10.5 Å². The lowest BCUT2D eigenvalue weighted by Gasteiger charge is -2.11. The van der Waals surface area contributed by atoms with E-state index < -0.39 is 49.6 Å². The monoisotopic (exact) mass is 320 g/mol. The molecule has 112 valence electrons. The van der Waals surface area contributed by atoms with Crippen LogP contribution in [0.4, 0.5) is 28.9 Å². The van der Waals surface area contributed by atoms with Crippen LogP contribution in [0.5, 0.6) is 0 Å². The minimum Gasteiger partial charge on any atom is -0.398 e. The molecule has 3 N–H and O–H groups in total. The summed E-state index contributed by atoms with van der Waals surface area (Å²) < 4.78 is 77.8. The molecule has 21 heavy (non-hydrogen) atoms. The second kappa shape index (κ2) is 5.24. The molecule has 0 bridgehead atoms. The molecule has 0 aromatic heterocycles. The van der Waals surface area contributed by atoms with E-state index in [1.165, 1.54) is 0 Å². The predicted octanol–water partition coefficient (Wildman–Crippen LogP) is 2.63. The number of nitrogen functional groups attached to an aromatic ring is 1. The highest BCUT2D eigenvalue weighted by atomic mass is 32.2. The van der Waals surface area contributed by atoms with Gasteiger partial charge in [-0.25, -0.2) is 26.0 Å². The SMILES string of the molecule is Nc1cc(F)ccc1S(=O)(=O)Nc1ccc(F)c(F)c1F. The van der Waals surface area contributed by atoms with Gasteiger partial charge in [0.1, 0.15) is 10.7 Å². The third kappa shape index (κ3) is 2.92. The highest BCUT2D eigenvalue weighted by molar-refractivity contribution is 7.92. The minimum atomic E-state index is -4.38. The molecular weight excluding hydrogens is 312 g/mol. The first-order chi connectivity index (χ1) is 9.72. The number of sulfonamides is 1. The molecule has 2 aromatic rings. The Morgan fingerprint density at radius 2 is 1.62 bits per heavy atom. The molecule has 0 atom stereocenters. The molecule has 9 heteroatoms. The molecule has 0 heterocycles. The minimum absolute atomic E-state index is 0.412. The molecule has 2 rings (SSSR count). The summed E-state index contributed by atoms with van der Waals surface area (Å²) in [6.07, 6.45) is 0. The molecule has 0 amide bonds. The maximum Gasteiger partial charge on any atom is 0.264 e. The van der Waals surface area contributed by atoms with Gasteiger partial charge in [0, 0.05) is 0 Å². The van der Waals surface area contributed by atoms with Gasteiger partial charge in [-0.15, -0.1) is 0 Å². The number of rotatable bonds is 3. The lowest BCUT2D eigenvalue weighted by Crippen LogP contribution is -2.16. The Morgan fingerprint density at radius 1 is 0.952 bits per heavy atom. The third-order valence-corrected chi connectivity index (χ3v) is 3.98. The summed E-state index contributed by atoms with van der Waals surface area (Å²) in [5, 5.41) is 0. The molecule has 4 nitrogen and oxygen atoms in total. The van der Waals surface area contributed by atoms with Crippen molar-refractivity contribution in [3.05, 3.63) is 53.6 Å². The van der Waals surface area contributed by atoms with Gasteiger partial charge >= 0.3 is 0 Å². The molecule has 2 aromatic carbocycles. The van der Waals surface area contributed by atoms with Gasteiger partial charge in [0.15, 0.2) is 17.5 Å². The van der Waals surface area contributed by atoms with Crippen molar-refractivity contribution in [3.63, 3.8) is 0 Å². The van der Waals surface area contributed by atoms with E-state index in [0.717, 1.165) is 18.2 Å². The van der Waals surface area contributed by atoms with Crippen molar-refractivity contribution in [2.24, 2.45) is 0 Å². The smallest absolute Gasteiger partial charge is 0.264 e. The second-order valence-corrected chi connectivity index (χ2v) is 5.66. The molecule has 0 saturated heterocycles. The number of nitrogens with two attached hydrogens (primary N) is 1. The van der Waals surface area contributed by atoms with Crippen molar-refractivity contribution in [1.29, 1.82) is 0 Å². The van der Waals surface area contributed by atoms with Crippen LogP contribution >= 0.6 is 0 Å². The van der Waals surface area contributed by atoms with E-state index in [1.54, 1.807) is 4.72 Å². The Labute approximate surface area is 117 Å². The summed E-state index contributed by atoms with van der Waals surface area (Å²) in [7, 11) is -4.38. The molecule has 0 saturated carbocycles. The van der Waals surface area contributed by atoms with Gasteiger partial charge in [-0.3, -0.25) is 4.72 Å². The van der Waals surface area contributed by atoms with Gasteiger partial charge < -0.3 is 5.73 Å². The first kappa shape index (κ1) is 15.1. The van der Waals surface area contributed by atoms with E-state index in [4.69, 9.17) is 5.73 Å². The summed E-state index contributed by atoms with van der Waals surface area (Å²) in [4.78, 5) is -0.520. The highest BCUT2D eigenvalue weighted by Crippen LogP contribution is 2.25. The lowest BCUT2D eigenvalue weighted by molar-refractivity contribution is 0.449. The van der Waals surface area contributed by atoms with Gasteiger partial charge in [-0.2, -0.15) is 0 Å². The topological polar surface area (TPSA) is 72.2 Å². The normalized spacial score (nSPS) is 11.4. The van der Waals surface area contributed by atoms with E-state index in [-0.39, 0.29) is 0 Å². The molecule has 0 aliphatic rings. The van der Waals surface area contributed by atoms with Crippen molar-refractivity contribution in [2.45, 2.75) is 4.90 Å². The summed E-state index contributed by atoms with van der Waals surface area (Å²) >= 11 is 0. The standard InChI is InChI=1S/C12H8F4N2O2S/c13-6-1-4-10(8(17)5-6)21(19,20)18-9-3-2-7(14)11(15)12(9)16/h1-5,18H,17H2. The number of hydrogen-bond donors (Lipinski definition) is 2. The molecule has 0 aliphatic carbocycles. The summed E-state index contributed by atoms with van der Waals surface area (Å²) in [6.45, 7) is 0. The maximum absolute atomic E-state index is 13.4. The van der Waals surface area contributed by atoms with Gasteiger partial charge in [-0.05, 0) is 30.3 Å². The number of hydrogen-bond acceptors (Lipinski definition) is 3. The van der Waals surface area contributed by atoms with Crippen molar-refractivity contribution < 1.29 is 26.0 Å². The van der Waals surface area contributed by atoms with Crippen LogP contribution in [0, 0.1) is 23.3 Å². The summed E-state index contributed by atoms with van der Waals surface area (Å²) in [5.74, 6) is -5.73. The molecule has 0 aliphatic heterocycles. The first-order valence-corrected chi connectivity index (χ1v) is 6.92. The van der Waals surface area contributed by atoms with Crippen LogP contribution in [-0.2, 0) is 10.0 Å². The van der Waals surface area contributed by atoms with E-state index in [9.17, 15) is 26.0 Å². The Balaban J connectivity index is 2.45. The van der Waals surface area contributed by atoms with E-state index in [0.29, 0.717) is 12.1 Å². The lowest BCUT2D eigenvalue weighted by atomic mass is 10.3. The molecule has 0 radical (unpaired) electrons. The predicted molar refractivity (Wildman–Crippen MR) is 67.9 cm³/mol. The van der Waals surface area contributed by atoms with E-state index in [2.05, 4.69) is 0 Å². The van der Waals surface area contributed by atoms with Crippen LogP contribution in [0.2, 0.25) is 0 Å². The summed E-state index contributed by atoms with van der Waals surface area (Å²) in [6, 6.07) is 3.74. The Bertz CT molecular complexity index is 809. The van der Waals surface area contributed by atoms with Gasteiger partial charge in [0.25, 0.3) is 10.0 Å². The second-order valence-electron chi connectivity index (χ2n) is 4.01. The Hall–Kier alpha value is -2.29. The van der Waals surface area contributed by atoms with Crippen LogP contribution in [-0.4, -0.2) is 8.42 Å². The van der Waals surface area contributed by atoms with Crippen LogP contribution in [0.15, 0.2) is 35.2 Å². The van der Waals surface area contributed by atoms with Crippen LogP contribution < -0.4 is 10.5 Å². The average Bonchev–Trinajstić information content (AvgIpc) is 2.39. The highest BCUT2D eigenvalue weighted by Gasteiger charge is 2.22. The van der Waals surface area contributed by atoms with Gasteiger partial charge in [0.2, 0.25) is 0 Å². The summed E-state index contributed by atoms with van der Waals surface area (Å²) in [5.41, 5.74) is 4.16. The fourth-order valence-electron chi connectivity index (χ4n) is 1.57. The van der Waals surface area contributed by atoms with Crippen LogP contribution in [0.1, 0.15) is 0 Å². The quantitative estimate of drug-likeness (QED) is 0.519. The Kier molecular flexibility index (Phi) is 3.77. The molecule has 0 fully saturated rings. The number of anilines is 2. The van der Waals surface area contributed by atoms with Crippen LogP contribution in [0.25, 0.3) is 0 Å². The van der Waals surface area contributed by atoms with Crippen molar-refractivity contribution in [1.82, 2.24) is 0 Å². The number of nitrogens with one attached hydrogen (secondary N) is 1. The van der Waals surface area contributed by atoms with Gasteiger partial charge in [-0.1, -0.05) is 0 Å². The fraction of sp³-hybridized carbons (Fsp3) is 0. The van der Waals surface area contributed by atoms with E-state index in [1.807, 2.05) is 0 Å². The zero-order chi connectivity index (χ0) is 15.8. The maximum atomic E-state index is 13.4. The molecule has 0 unspecified atom stereocenters. The zero-order valence-electron chi connectivity index (χ0n) is 10.2. The average molecular weight is 320 g/mol. The number of halogens is 4. The van der Waals surface area contributed by atoms with Crippen molar-refractivity contribution >= 4 is 21.4 Å². The van der Waals surface area contributed by atoms with Gasteiger partial charge in [0.05, 0.1) is 11.4 Å². The van der Waals surface area contributed by atoms with E-state index >= 15 is 0 Å². The number of benzene rings is 2. The molecular formula is C12H8F4N2O2S. The first-order valence-electron chi connectivity index (χ1n) is 5.43. The zero-order valence-corrected chi connectivity index (χ0v) is 11.0.